The third-order valence-corrected chi connectivity index (χ3v) is 5.34. The van der Waals surface area contributed by atoms with Crippen molar-refractivity contribution in [3.8, 4) is 0 Å². The van der Waals surface area contributed by atoms with Crippen LogP contribution in [-0.4, -0.2) is 32.9 Å². The molecule has 1 aliphatic rings. The highest BCUT2D eigenvalue weighted by Gasteiger charge is 2.22. The number of carbonyl (C=O) groups is 1. The highest BCUT2D eigenvalue weighted by atomic mass is 16.2. The maximum Gasteiger partial charge on any atom is 0.273 e. The number of amides is 1. The molecule has 3 rings (SSSR count). The number of carbonyl (C=O) groups excluding carboxylic acids is 1. The van der Waals surface area contributed by atoms with Crippen molar-refractivity contribution in [3.05, 3.63) is 53.3 Å². The van der Waals surface area contributed by atoms with E-state index in [9.17, 15) is 4.79 Å². The van der Waals surface area contributed by atoms with E-state index in [-0.39, 0.29) is 11.9 Å². The van der Waals surface area contributed by atoms with Crippen LogP contribution >= 0.6 is 0 Å². The van der Waals surface area contributed by atoms with Gasteiger partial charge in [-0.3, -0.25) is 4.79 Å². The molecule has 0 atom stereocenters. The first-order chi connectivity index (χ1) is 13.5. The number of benzene rings is 1. The summed E-state index contributed by atoms with van der Waals surface area (Å²) in [5.74, 6) is 0.534. The Bertz CT molecular complexity index is 767. The Morgan fingerprint density at radius 3 is 2.43 bits per heavy atom. The Hall–Kier alpha value is -2.43. The van der Waals surface area contributed by atoms with Crippen LogP contribution in [0.4, 0.5) is 5.95 Å². The minimum Gasteiger partial charge on any atom is -0.351 e. The predicted octanol–water partition coefficient (Wildman–Crippen LogP) is 4.97. The van der Waals surface area contributed by atoms with E-state index in [0.29, 0.717) is 24.2 Å². The fourth-order valence-electron chi connectivity index (χ4n) is 3.77. The van der Waals surface area contributed by atoms with Gasteiger partial charge in [0.1, 0.15) is 5.69 Å². The molecule has 28 heavy (non-hydrogen) atoms. The fraction of sp³-hybridized carbons (Fsp3) is 0.522. The molecule has 1 aliphatic carbocycles. The Morgan fingerprint density at radius 2 is 1.79 bits per heavy atom. The Balaban J connectivity index is 1.78. The van der Waals surface area contributed by atoms with Crippen molar-refractivity contribution < 1.29 is 4.79 Å². The smallest absolute Gasteiger partial charge is 0.273 e. The lowest BCUT2D eigenvalue weighted by Gasteiger charge is -2.27. The van der Waals surface area contributed by atoms with Crippen LogP contribution in [0.2, 0.25) is 0 Å². The van der Waals surface area contributed by atoms with E-state index in [0.717, 1.165) is 24.1 Å². The second-order valence-electron chi connectivity index (χ2n) is 8.06. The SMILES string of the molecule is Cc1cc(C(=O)N(Cc2ccccc2)C(C)C)nc(NC2CCCCCC2)n1. The van der Waals surface area contributed by atoms with Crippen LogP contribution in [0.15, 0.2) is 36.4 Å². The molecule has 0 aliphatic heterocycles. The maximum atomic E-state index is 13.3. The van der Waals surface area contributed by atoms with E-state index in [1.54, 1.807) is 6.07 Å². The van der Waals surface area contributed by atoms with E-state index in [1.165, 1.54) is 25.7 Å². The summed E-state index contributed by atoms with van der Waals surface area (Å²) >= 11 is 0. The molecule has 1 N–H and O–H groups in total. The maximum absolute atomic E-state index is 13.3. The second kappa shape index (κ2) is 9.67. The van der Waals surface area contributed by atoms with Crippen molar-refractivity contribution in [1.29, 1.82) is 0 Å². The quantitative estimate of drug-likeness (QED) is 0.719. The van der Waals surface area contributed by atoms with Crippen molar-refractivity contribution in [3.63, 3.8) is 0 Å². The molecule has 0 saturated heterocycles. The largest absolute Gasteiger partial charge is 0.351 e. The highest BCUT2D eigenvalue weighted by Crippen LogP contribution is 2.21. The second-order valence-corrected chi connectivity index (χ2v) is 8.06. The number of nitrogens with one attached hydrogen (secondary N) is 1. The lowest BCUT2D eigenvalue weighted by Crippen LogP contribution is -2.37. The molecule has 5 heteroatoms. The molecule has 0 spiro atoms. The van der Waals surface area contributed by atoms with Crippen molar-refractivity contribution in [2.45, 2.75) is 77.9 Å². The van der Waals surface area contributed by atoms with Gasteiger partial charge in [-0.2, -0.15) is 0 Å². The van der Waals surface area contributed by atoms with Gasteiger partial charge in [0, 0.05) is 24.3 Å². The van der Waals surface area contributed by atoms with Crippen LogP contribution in [0.5, 0.6) is 0 Å². The number of hydrogen-bond donors (Lipinski definition) is 1. The third kappa shape index (κ3) is 5.54. The van der Waals surface area contributed by atoms with Gasteiger partial charge in [0.2, 0.25) is 5.95 Å². The fourth-order valence-corrected chi connectivity index (χ4v) is 3.77. The molecule has 1 aromatic carbocycles. The molecule has 2 aromatic rings. The standard InChI is InChI=1S/C23H32N4O/c1-17(2)27(16-19-11-7-6-8-12-19)22(28)21-15-18(3)24-23(26-21)25-20-13-9-4-5-10-14-20/h6-8,11-12,15,17,20H,4-5,9-10,13-14,16H2,1-3H3,(H,24,25,26). The number of anilines is 1. The van der Waals surface area contributed by atoms with Crippen molar-refractivity contribution in [2.75, 3.05) is 5.32 Å². The van der Waals surface area contributed by atoms with E-state index in [4.69, 9.17) is 0 Å². The highest BCUT2D eigenvalue weighted by molar-refractivity contribution is 5.92. The van der Waals surface area contributed by atoms with E-state index in [1.807, 2.05) is 56.0 Å². The predicted molar refractivity (Wildman–Crippen MR) is 113 cm³/mol. The first kappa shape index (κ1) is 20.3. The monoisotopic (exact) mass is 380 g/mol. The van der Waals surface area contributed by atoms with E-state index in [2.05, 4.69) is 15.3 Å². The molecular formula is C23H32N4O. The van der Waals surface area contributed by atoms with Crippen LogP contribution in [0.3, 0.4) is 0 Å². The molecular weight excluding hydrogens is 348 g/mol. The summed E-state index contributed by atoms with van der Waals surface area (Å²) < 4.78 is 0. The first-order valence-electron chi connectivity index (χ1n) is 10.5. The van der Waals surface area contributed by atoms with E-state index < -0.39 is 0 Å². The summed E-state index contributed by atoms with van der Waals surface area (Å²) in [6.07, 6.45) is 7.39. The molecule has 0 unspecified atom stereocenters. The van der Waals surface area contributed by atoms with Gasteiger partial charge < -0.3 is 10.2 Å². The Kier molecular flexibility index (Phi) is 7.01. The van der Waals surface area contributed by atoms with Gasteiger partial charge in [-0.25, -0.2) is 9.97 Å². The third-order valence-electron chi connectivity index (χ3n) is 5.34. The van der Waals surface area contributed by atoms with Gasteiger partial charge in [-0.15, -0.1) is 0 Å². The molecule has 150 valence electrons. The number of aryl methyl sites for hydroxylation is 1. The van der Waals surface area contributed by atoms with Crippen LogP contribution < -0.4 is 5.32 Å². The molecule has 5 nitrogen and oxygen atoms in total. The van der Waals surface area contributed by atoms with Crippen molar-refractivity contribution in [1.82, 2.24) is 14.9 Å². The molecule has 0 radical (unpaired) electrons. The molecule has 1 fully saturated rings. The minimum atomic E-state index is -0.0479. The first-order valence-corrected chi connectivity index (χ1v) is 10.5. The van der Waals surface area contributed by atoms with Crippen LogP contribution in [0.25, 0.3) is 0 Å². The Morgan fingerprint density at radius 1 is 1.11 bits per heavy atom. The van der Waals surface area contributed by atoms with E-state index >= 15 is 0 Å². The van der Waals surface area contributed by atoms with Crippen LogP contribution in [0.1, 0.15) is 74.1 Å². The zero-order valence-electron chi connectivity index (χ0n) is 17.3. The molecule has 1 amide bonds. The summed E-state index contributed by atoms with van der Waals surface area (Å²) in [6, 6.07) is 12.4. The molecule has 1 aromatic heterocycles. The number of rotatable bonds is 6. The van der Waals surface area contributed by atoms with Crippen molar-refractivity contribution in [2.24, 2.45) is 0 Å². The van der Waals surface area contributed by atoms with Gasteiger partial charge >= 0.3 is 0 Å². The van der Waals surface area contributed by atoms with Gasteiger partial charge in [-0.1, -0.05) is 56.0 Å². The minimum absolute atomic E-state index is 0.0479. The van der Waals surface area contributed by atoms with Gasteiger partial charge in [0.05, 0.1) is 0 Å². The lowest BCUT2D eigenvalue weighted by molar-refractivity contribution is 0.0684. The van der Waals surface area contributed by atoms with Crippen molar-refractivity contribution >= 4 is 11.9 Å². The normalized spacial score (nSPS) is 15.3. The van der Waals surface area contributed by atoms with Gasteiger partial charge in [-0.05, 0) is 45.2 Å². The van der Waals surface area contributed by atoms with Gasteiger partial charge in [0.15, 0.2) is 0 Å². The number of nitrogens with zero attached hydrogens (tertiary/aromatic N) is 3. The summed E-state index contributed by atoms with van der Waals surface area (Å²) in [4.78, 5) is 24.2. The molecule has 1 saturated carbocycles. The summed E-state index contributed by atoms with van der Waals surface area (Å²) in [6.45, 7) is 6.58. The summed E-state index contributed by atoms with van der Waals surface area (Å²) in [5, 5.41) is 3.48. The zero-order chi connectivity index (χ0) is 19.9. The average molecular weight is 381 g/mol. The van der Waals surface area contributed by atoms with Gasteiger partial charge in [0.25, 0.3) is 5.91 Å². The van der Waals surface area contributed by atoms with Crippen LogP contribution in [0, 0.1) is 6.92 Å². The zero-order valence-corrected chi connectivity index (χ0v) is 17.3. The number of hydrogen-bond acceptors (Lipinski definition) is 4. The molecule has 0 bridgehead atoms. The Labute approximate surface area is 168 Å². The average Bonchev–Trinajstić information content (AvgIpc) is 2.94. The van der Waals surface area contributed by atoms with Crippen LogP contribution in [-0.2, 0) is 6.54 Å². The summed E-state index contributed by atoms with van der Waals surface area (Å²) in [5.41, 5.74) is 2.40. The topological polar surface area (TPSA) is 58.1 Å². The molecule has 1 heterocycles. The summed E-state index contributed by atoms with van der Waals surface area (Å²) in [7, 11) is 0. The lowest BCUT2D eigenvalue weighted by atomic mass is 10.1. The number of aromatic nitrogens is 2.